The van der Waals surface area contributed by atoms with Gasteiger partial charge >= 0.3 is 0 Å². The molecule has 0 saturated heterocycles. The predicted octanol–water partition coefficient (Wildman–Crippen LogP) is 3.43. The van der Waals surface area contributed by atoms with Crippen LogP contribution in [0.4, 0.5) is 11.4 Å². The van der Waals surface area contributed by atoms with Gasteiger partial charge in [0.15, 0.2) is 0 Å². The molecule has 0 spiro atoms. The maximum absolute atomic E-state index is 12.0. The highest BCUT2D eigenvalue weighted by molar-refractivity contribution is 6.31. The molecule has 0 heterocycles. The number of nitrogens with one attached hydrogen (secondary N) is 3. The molecule has 0 aromatic heterocycles. The Labute approximate surface area is 152 Å². The van der Waals surface area contributed by atoms with Gasteiger partial charge in [-0.25, -0.2) is 0 Å². The number of aryl methyl sites for hydroxylation is 2. The molecule has 2 aromatic rings. The fourth-order valence-electron chi connectivity index (χ4n) is 2.37. The van der Waals surface area contributed by atoms with Gasteiger partial charge in [-0.05, 0) is 50.1 Å². The summed E-state index contributed by atoms with van der Waals surface area (Å²) in [5.41, 5.74) is 4.57. The van der Waals surface area contributed by atoms with Crippen molar-refractivity contribution in [3.8, 4) is 0 Å². The number of benzene rings is 2. The first-order chi connectivity index (χ1) is 11.9. The van der Waals surface area contributed by atoms with Gasteiger partial charge in [-0.3, -0.25) is 9.59 Å². The van der Waals surface area contributed by atoms with Crippen molar-refractivity contribution in [2.24, 2.45) is 0 Å². The van der Waals surface area contributed by atoms with Crippen molar-refractivity contribution in [1.82, 2.24) is 5.32 Å². The molecule has 6 heteroatoms. The van der Waals surface area contributed by atoms with Crippen molar-refractivity contribution >= 4 is 34.8 Å². The summed E-state index contributed by atoms with van der Waals surface area (Å²) in [7, 11) is 0. The van der Waals surface area contributed by atoms with Gasteiger partial charge in [-0.1, -0.05) is 35.4 Å². The Balaban J connectivity index is 1.79. The Morgan fingerprint density at radius 3 is 2.44 bits per heavy atom. The lowest BCUT2D eigenvalue weighted by Gasteiger charge is -2.12. The monoisotopic (exact) mass is 359 g/mol. The first kappa shape index (κ1) is 18.8. The summed E-state index contributed by atoms with van der Waals surface area (Å²) in [4.78, 5) is 23.9. The molecule has 132 valence electrons. The summed E-state index contributed by atoms with van der Waals surface area (Å²) in [5.74, 6) is -0.553. The Hall–Kier alpha value is -2.53. The molecule has 2 amide bonds. The van der Waals surface area contributed by atoms with Crippen molar-refractivity contribution in [2.45, 2.75) is 20.8 Å². The van der Waals surface area contributed by atoms with E-state index in [-0.39, 0.29) is 24.9 Å². The normalized spacial score (nSPS) is 10.2. The maximum atomic E-state index is 12.0. The average Bonchev–Trinajstić information content (AvgIpc) is 2.56. The van der Waals surface area contributed by atoms with Gasteiger partial charge in [-0.15, -0.1) is 0 Å². The van der Waals surface area contributed by atoms with Crippen molar-refractivity contribution in [3.63, 3.8) is 0 Å². The molecule has 5 nitrogen and oxygen atoms in total. The van der Waals surface area contributed by atoms with Gasteiger partial charge in [0, 0.05) is 16.4 Å². The van der Waals surface area contributed by atoms with Crippen molar-refractivity contribution < 1.29 is 9.59 Å². The minimum Gasteiger partial charge on any atom is -0.376 e. The predicted molar refractivity (Wildman–Crippen MR) is 102 cm³/mol. The van der Waals surface area contributed by atoms with Crippen LogP contribution in [0.3, 0.4) is 0 Å². The van der Waals surface area contributed by atoms with Crippen LogP contribution >= 0.6 is 11.6 Å². The molecule has 25 heavy (non-hydrogen) atoms. The van der Waals surface area contributed by atoms with Crippen LogP contribution < -0.4 is 16.0 Å². The van der Waals surface area contributed by atoms with Crippen LogP contribution in [-0.4, -0.2) is 24.9 Å². The summed E-state index contributed by atoms with van der Waals surface area (Å²) >= 11 is 6.02. The first-order valence-electron chi connectivity index (χ1n) is 7.99. The van der Waals surface area contributed by atoms with Gasteiger partial charge < -0.3 is 16.0 Å². The molecule has 0 bridgehead atoms. The molecular weight excluding hydrogens is 338 g/mol. The van der Waals surface area contributed by atoms with E-state index in [1.165, 1.54) is 5.56 Å². The zero-order valence-corrected chi connectivity index (χ0v) is 15.3. The summed E-state index contributed by atoms with van der Waals surface area (Å²) in [5, 5.41) is 8.98. The number of carbonyl (C=O) groups is 2. The van der Waals surface area contributed by atoms with E-state index < -0.39 is 0 Å². The number of halogens is 1. The summed E-state index contributed by atoms with van der Waals surface area (Å²) in [6.45, 7) is 5.83. The third-order valence-corrected chi connectivity index (χ3v) is 4.22. The van der Waals surface area contributed by atoms with Crippen LogP contribution in [-0.2, 0) is 9.59 Å². The van der Waals surface area contributed by atoms with Gasteiger partial charge in [0.1, 0.15) is 0 Å². The quantitative estimate of drug-likeness (QED) is 0.740. The van der Waals surface area contributed by atoms with E-state index in [0.717, 1.165) is 16.8 Å². The standard InChI is InChI=1S/C19H22ClN3O2/c1-12-7-8-16(13(2)9-12)21-10-18(24)22-11-19(25)23-17-6-4-5-15(20)14(17)3/h4-9,21H,10-11H2,1-3H3,(H,22,24)(H,23,25). The molecule has 0 aliphatic rings. The molecule has 2 aromatic carbocycles. The summed E-state index contributed by atoms with van der Waals surface area (Å²) < 4.78 is 0. The van der Waals surface area contributed by atoms with Crippen molar-refractivity contribution in [2.75, 3.05) is 23.7 Å². The Kier molecular flexibility index (Phi) is 6.42. The first-order valence-corrected chi connectivity index (χ1v) is 8.37. The zero-order chi connectivity index (χ0) is 18.4. The molecule has 2 rings (SSSR count). The van der Waals surface area contributed by atoms with Crippen molar-refractivity contribution in [3.05, 3.63) is 58.1 Å². The van der Waals surface area contributed by atoms with Gasteiger partial charge in [0.25, 0.3) is 0 Å². The average molecular weight is 360 g/mol. The van der Waals surface area contributed by atoms with E-state index >= 15 is 0 Å². The summed E-state index contributed by atoms with van der Waals surface area (Å²) in [6.07, 6.45) is 0. The third-order valence-electron chi connectivity index (χ3n) is 3.81. The lowest BCUT2D eigenvalue weighted by molar-refractivity contribution is -0.122. The molecule has 0 aliphatic heterocycles. The number of anilines is 2. The third kappa shape index (κ3) is 5.50. The lowest BCUT2D eigenvalue weighted by Crippen LogP contribution is -2.36. The second kappa shape index (κ2) is 8.53. The molecule has 3 N–H and O–H groups in total. The fraction of sp³-hybridized carbons (Fsp3) is 0.263. The Morgan fingerprint density at radius 1 is 0.960 bits per heavy atom. The molecular formula is C19H22ClN3O2. The minimum absolute atomic E-state index is 0.0979. The van der Waals surface area contributed by atoms with E-state index in [1.54, 1.807) is 18.2 Å². The Morgan fingerprint density at radius 2 is 1.72 bits per heavy atom. The van der Waals surface area contributed by atoms with Crippen LogP contribution in [0.2, 0.25) is 5.02 Å². The van der Waals surface area contributed by atoms with Crippen molar-refractivity contribution in [1.29, 1.82) is 0 Å². The van der Waals surface area contributed by atoms with Gasteiger partial charge in [0.05, 0.1) is 13.1 Å². The molecule has 0 unspecified atom stereocenters. The number of carbonyl (C=O) groups excluding carboxylic acids is 2. The zero-order valence-electron chi connectivity index (χ0n) is 14.6. The fourth-order valence-corrected chi connectivity index (χ4v) is 2.54. The van der Waals surface area contributed by atoms with E-state index in [9.17, 15) is 9.59 Å². The maximum Gasteiger partial charge on any atom is 0.243 e. The van der Waals surface area contributed by atoms with E-state index in [0.29, 0.717) is 10.7 Å². The largest absolute Gasteiger partial charge is 0.376 e. The molecule has 0 fully saturated rings. The van der Waals surface area contributed by atoms with E-state index in [2.05, 4.69) is 16.0 Å². The second-order valence-corrected chi connectivity index (χ2v) is 6.32. The number of hydrogen-bond acceptors (Lipinski definition) is 3. The smallest absolute Gasteiger partial charge is 0.243 e. The SMILES string of the molecule is Cc1ccc(NCC(=O)NCC(=O)Nc2cccc(Cl)c2C)c(C)c1. The second-order valence-electron chi connectivity index (χ2n) is 5.91. The van der Waals surface area contributed by atoms with Gasteiger partial charge in [-0.2, -0.15) is 0 Å². The highest BCUT2D eigenvalue weighted by atomic mass is 35.5. The van der Waals surface area contributed by atoms with Gasteiger partial charge in [0.2, 0.25) is 11.8 Å². The highest BCUT2D eigenvalue weighted by Crippen LogP contribution is 2.22. The van der Waals surface area contributed by atoms with E-state index in [4.69, 9.17) is 11.6 Å². The van der Waals surface area contributed by atoms with Crippen LogP contribution in [0, 0.1) is 20.8 Å². The molecule has 0 radical (unpaired) electrons. The molecule has 0 atom stereocenters. The molecule has 0 aliphatic carbocycles. The molecule has 0 saturated carbocycles. The number of hydrogen-bond donors (Lipinski definition) is 3. The van der Waals surface area contributed by atoms with Crippen LogP contribution in [0.25, 0.3) is 0 Å². The van der Waals surface area contributed by atoms with Crippen LogP contribution in [0.5, 0.6) is 0 Å². The Bertz CT molecular complexity index is 790. The number of amides is 2. The van der Waals surface area contributed by atoms with E-state index in [1.807, 2.05) is 39.0 Å². The lowest BCUT2D eigenvalue weighted by atomic mass is 10.1. The van der Waals surface area contributed by atoms with Crippen LogP contribution in [0.15, 0.2) is 36.4 Å². The highest BCUT2D eigenvalue weighted by Gasteiger charge is 2.09. The topological polar surface area (TPSA) is 70.2 Å². The minimum atomic E-state index is -0.301. The summed E-state index contributed by atoms with van der Waals surface area (Å²) in [6, 6.07) is 11.2. The van der Waals surface area contributed by atoms with Crippen LogP contribution in [0.1, 0.15) is 16.7 Å². The number of rotatable bonds is 6.